The van der Waals surface area contributed by atoms with Crippen LogP contribution in [0.15, 0.2) is 30.3 Å². The Hall–Kier alpha value is -1.68. The van der Waals surface area contributed by atoms with Crippen LogP contribution in [0.5, 0.6) is 0 Å². The van der Waals surface area contributed by atoms with Crippen LogP contribution in [-0.4, -0.2) is 31.1 Å². The van der Waals surface area contributed by atoms with Crippen molar-refractivity contribution in [2.45, 2.75) is 38.7 Å². The summed E-state index contributed by atoms with van der Waals surface area (Å²) >= 11 is 0. The van der Waals surface area contributed by atoms with Crippen molar-refractivity contribution >= 4 is 11.8 Å². The van der Waals surface area contributed by atoms with Gasteiger partial charge in [-0.25, -0.2) is 0 Å². The number of hydrogen-bond acceptors (Lipinski definition) is 4. The van der Waals surface area contributed by atoms with Gasteiger partial charge in [-0.1, -0.05) is 30.3 Å². The van der Waals surface area contributed by atoms with E-state index < -0.39 is 5.60 Å². The Kier molecular flexibility index (Phi) is 6.39. The summed E-state index contributed by atoms with van der Waals surface area (Å²) in [6, 6.07) is 9.12. The highest BCUT2D eigenvalue weighted by Gasteiger charge is 2.28. The topological polar surface area (TPSA) is 52.6 Å². The van der Waals surface area contributed by atoms with Crippen molar-refractivity contribution in [3.05, 3.63) is 35.9 Å². The van der Waals surface area contributed by atoms with E-state index in [2.05, 4.69) is 0 Å². The number of carbonyl (C=O) groups is 2. The summed E-state index contributed by atoms with van der Waals surface area (Å²) in [5.41, 5.74) is 0.0125. The summed E-state index contributed by atoms with van der Waals surface area (Å²) in [6.45, 7) is 3.94. The number of Topliss-reactive ketones (excluding diaryl/α,β-unsaturated/α-hetero) is 1. The van der Waals surface area contributed by atoms with Gasteiger partial charge in [0.15, 0.2) is 5.78 Å². The molecule has 0 radical (unpaired) electrons. The van der Waals surface area contributed by atoms with Gasteiger partial charge in [0, 0.05) is 19.1 Å². The highest BCUT2D eigenvalue weighted by atomic mass is 16.5. The van der Waals surface area contributed by atoms with E-state index in [1.807, 2.05) is 25.1 Å². The van der Waals surface area contributed by atoms with Gasteiger partial charge in [0.05, 0.1) is 18.6 Å². The molecule has 1 unspecified atom stereocenters. The summed E-state index contributed by atoms with van der Waals surface area (Å²) in [4.78, 5) is 23.6. The van der Waals surface area contributed by atoms with Crippen molar-refractivity contribution in [3.63, 3.8) is 0 Å². The first-order chi connectivity index (χ1) is 9.50. The maximum absolute atomic E-state index is 12.0. The highest BCUT2D eigenvalue weighted by molar-refractivity contribution is 5.96. The second-order valence-corrected chi connectivity index (χ2v) is 4.93. The number of benzene rings is 1. The number of carbonyl (C=O) groups excluding carboxylic acids is 2. The SMILES string of the molecule is CCOC(=O)CC(C)(CCC(=O)c1ccccc1)OC. The van der Waals surface area contributed by atoms with Gasteiger partial charge in [-0.3, -0.25) is 9.59 Å². The molecule has 0 saturated carbocycles. The third-order valence-electron chi connectivity index (χ3n) is 3.29. The van der Waals surface area contributed by atoms with Crippen LogP contribution in [-0.2, 0) is 14.3 Å². The smallest absolute Gasteiger partial charge is 0.308 e. The van der Waals surface area contributed by atoms with Crippen LogP contribution in [0.3, 0.4) is 0 Å². The first kappa shape index (κ1) is 16.4. The quantitative estimate of drug-likeness (QED) is 0.542. The van der Waals surface area contributed by atoms with Crippen LogP contribution in [0.2, 0.25) is 0 Å². The summed E-state index contributed by atoms with van der Waals surface area (Å²) in [5, 5.41) is 0. The zero-order valence-electron chi connectivity index (χ0n) is 12.3. The minimum Gasteiger partial charge on any atom is -0.466 e. The second-order valence-electron chi connectivity index (χ2n) is 4.93. The molecule has 20 heavy (non-hydrogen) atoms. The maximum Gasteiger partial charge on any atom is 0.308 e. The molecule has 0 aliphatic carbocycles. The molecular weight excluding hydrogens is 256 g/mol. The lowest BCUT2D eigenvalue weighted by atomic mass is 9.93. The number of hydrogen-bond donors (Lipinski definition) is 0. The minimum absolute atomic E-state index is 0.0535. The van der Waals surface area contributed by atoms with Gasteiger partial charge in [-0.15, -0.1) is 0 Å². The standard InChI is InChI=1S/C16H22O4/c1-4-20-15(18)12-16(2,19-3)11-10-14(17)13-8-6-5-7-9-13/h5-9H,4,10-12H2,1-3H3. The average molecular weight is 278 g/mol. The average Bonchev–Trinajstić information content (AvgIpc) is 2.46. The lowest BCUT2D eigenvalue weighted by Crippen LogP contribution is -2.32. The molecule has 0 saturated heterocycles. The molecular formula is C16H22O4. The van der Waals surface area contributed by atoms with Gasteiger partial charge in [0.1, 0.15) is 0 Å². The molecule has 0 N–H and O–H groups in total. The van der Waals surface area contributed by atoms with Crippen LogP contribution >= 0.6 is 0 Å². The van der Waals surface area contributed by atoms with E-state index in [1.165, 1.54) is 0 Å². The molecule has 110 valence electrons. The van der Waals surface area contributed by atoms with E-state index >= 15 is 0 Å². The number of esters is 1. The highest BCUT2D eigenvalue weighted by Crippen LogP contribution is 2.23. The molecule has 0 aliphatic rings. The van der Waals surface area contributed by atoms with Gasteiger partial charge in [0.25, 0.3) is 0 Å². The fourth-order valence-electron chi connectivity index (χ4n) is 1.93. The van der Waals surface area contributed by atoms with Crippen LogP contribution in [0.1, 0.15) is 43.5 Å². The monoisotopic (exact) mass is 278 g/mol. The molecule has 0 bridgehead atoms. The minimum atomic E-state index is -0.670. The summed E-state index contributed by atoms with van der Waals surface area (Å²) < 4.78 is 10.3. The Morgan fingerprint density at radius 3 is 2.40 bits per heavy atom. The third kappa shape index (κ3) is 5.13. The van der Waals surface area contributed by atoms with Crippen molar-refractivity contribution in [2.24, 2.45) is 0 Å². The van der Waals surface area contributed by atoms with Crippen LogP contribution < -0.4 is 0 Å². The molecule has 0 heterocycles. The zero-order valence-corrected chi connectivity index (χ0v) is 12.3. The van der Waals surface area contributed by atoms with E-state index in [9.17, 15) is 9.59 Å². The molecule has 4 heteroatoms. The van der Waals surface area contributed by atoms with Gasteiger partial charge in [-0.05, 0) is 20.3 Å². The number of rotatable bonds is 8. The second kappa shape index (κ2) is 7.80. The van der Waals surface area contributed by atoms with E-state index in [4.69, 9.17) is 9.47 Å². The molecule has 1 atom stereocenters. The Bertz CT molecular complexity index is 441. The van der Waals surface area contributed by atoms with E-state index in [1.54, 1.807) is 26.2 Å². The van der Waals surface area contributed by atoms with Crippen LogP contribution in [0.4, 0.5) is 0 Å². The van der Waals surface area contributed by atoms with Crippen molar-refractivity contribution in [1.29, 1.82) is 0 Å². The molecule has 0 fully saturated rings. The molecule has 1 aromatic carbocycles. The van der Waals surface area contributed by atoms with Crippen molar-refractivity contribution in [2.75, 3.05) is 13.7 Å². The first-order valence-corrected chi connectivity index (χ1v) is 6.80. The lowest BCUT2D eigenvalue weighted by Gasteiger charge is -2.26. The van der Waals surface area contributed by atoms with Gasteiger partial charge in [-0.2, -0.15) is 0 Å². The van der Waals surface area contributed by atoms with Crippen molar-refractivity contribution < 1.29 is 19.1 Å². The zero-order chi connectivity index (χ0) is 15.0. The van der Waals surface area contributed by atoms with E-state index in [0.717, 1.165) is 0 Å². The Labute approximate surface area is 120 Å². The fourth-order valence-corrected chi connectivity index (χ4v) is 1.93. The normalized spacial score (nSPS) is 13.6. The Balaban J connectivity index is 2.56. The predicted octanol–water partition coefficient (Wildman–Crippen LogP) is 3.01. The lowest BCUT2D eigenvalue weighted by molar-refractivity contribution is -0.149. The Morgan fingerprint density at radius 1 is 1.20 bits per heavy atom. The van der Waals surface area contributed by atoms with Crippen molar-refractivity contribution in [3.8, 4) is 0 Å². The maximum atomic E-state index is 12.0. The third-order valence-corrected chi connectivity index (χ3v) is 3.29. The van der Waals surface area contributed by atoms with Crippen LogP contribution in [0, 0.1) is 0 Å². The molecule has 0 spiro atoms. The molecule has 1 rings (SSSR count). The number of methoxy groups -OCH3 is 1. The Morgan fingerprint density at radius 2 is 1.85 bits per heavy atom. The molecule has 0 aliphatic heterocycles. The molecule has 0 amide bonds. The predicted molar refractivity (Wildman–Crippen MR) is 76.7 cm³/mol. The number of ketones is 1. The molecule has 0 aromatic heterocycles. The summed E-state index contributed by atoms with van der Waals surface area (Å²) in [6.07, 6.45) is 0.975. The fraction of sp³-hybridized carbons (Fsp3) is 0.500. The number of ether oxygens (including phenoxy) is 2. The first-order valence-electron chi connectivity index (χ1n) is 6.80. The van der Waals surface area contributed by atoms with Crippen molar-refractivity contribution in [1.82, 2.24) is 0 Å². The molecule has 1 aromatic rings. The van der Waals surface area contributed by atoms with Gasteiger partial charge in [0.2, 0.25) is 0 Å². The van der Waals surface area contributed by atoms with E-state index in [0.29, 0.717) is 25.0 Å². The van der Waals surface area contributed by atoms with E-state index in [-0.39, 0.29) is 18.2 Å². The largest absolute Gasteiger partial charge is 0.466 e. The van der Waals surface area contributed by atoms with Crippen LogP contribution in [0.25, 0.3) is 0 Å². The molecule has 4 nitrogen and oxygen atoms in total. The van der Waals surface area contributed by atoms with Gasteiger partial charge >= 0.3 is 5.97 Å². The summed E-state index contributed by atoms with van der Waals surface area (Å²) in [5.74, 6) is -0.248. The van der Waals surface area contributed by atoms with Gasteiger partial charge < -0.3 is 9.47 Å². The summed E-state index contributed by atoms with van der Waals surface area (Å²) in [7, 11) is 1.55.